The average Bonchev–Trinajstić information content (AvgIpc) is 3.25. The van der Waals surface area contributed by atoms with Gasteiger partial charge >= 0.3 is 6.18 Å². The Labute approximate surface area is 181 Å². The summed E-state index contributed by atoms with van der Waals surface area (Å²) >= 11 is 0. The molecule has 0 fully saturated rings. The van der Waals surface area contributed by atoms with Crippen molar-refractivity contribution in [2.45, 2.75) is 12.6 Å². The molecule has 1 aliphatic heterocycles. The third kappa shape index (κ3) is 3.64. The largest absolute Gasteiger partial charge is 0.416 e. The SMILES string of the molecule is O=C1NCCc2[nH]c(-c3ccnc(-c4ccccc4-c4ccc(C(F)(F)F)cc4)n3)cc21. The van der Waals surface area contributed by atoms with Crippen LogP contribution >= 0.6 is 0 Å². The van der Waals surface area contributed by atoms with Gasteiger partial charge in [-0.15, -0.1) is 0 Å². The van der Waals surface area contributed by atoms with Gasteiger partial charge in [0.2, 0.25) is 0 Å². The maximum Gasteiger partial charge on any atom is 0.416 e. The second-order valence-corrected chi connectivity index (χ2v) is 7.47. The Morgan fingerprint density at radius 1 is 0.906 bits per heavy atom. The van der Waals surface area contributed by atoms with Crippen molar-refractivity contribution >= 4 is 5.91 Å². The summed E-state index contributed by atoms with van der Waals surface area (Å²) in [6.07, 6.45) is -2.04. The van der Waals surface area contributed by atoms with Gasteiger partial charge in [0, 0.05) is 30.4 Å². The maximum absolute atomic E-state index is 12.9. The lowest BCUT2D eigenvalue weighted by molar-refractivity contribution is -0.137. The Morgan fingerprint density at radius 2 is 1.66 bits per heavy atom. The average molecular weight is 434 g/mol. The predicted molar refractivity (Wildman–Crippen MR) is 114 cm³/mol. The van der Waals surface area contributed by atoms with E-state index in [4.69, 9.17) is 0 Å². The molecule has 0 radical (unpaired) electrons. The third-order valence-corrected chi connectivity index (χ3v) is 5.43. The summed E-state index contributed by atoms with van der Waals surface area (Å²) in [6, 6.07) is 15.9. The van der Waals surface area contributed by atoms with E-state index in [2.05, 4.69) is 20.3 Å². The van der Waals surface area contributed by atoms with Crippen LogP contribution in [0.15, 0.2) is 66.9 Å². The Bertz CT molecular complexity index is 1310. The summed E-state index contributed by atoms with van der Waals surface area (Å²) in [5, 5.41) is 2.82. The number of H-pyrrole nitrogens is 1. The first-order valence-electron chi connectivity index (χ1n) is 10.0. The Kier molecular flexibility index (Phi) is 4.77. The second kappa shape index (κ2) is 7.64. The highest BCUT2D eigenvalue weighted by molar-refractivity contribution is 5.97. The summed E-state index contributed by atoms with van der Waals surface area (Å²) in [6.45, 7) is 0.585. The Hall–Kier alpha value is -3.94. The summed E-state index contributed by atoms with van der Waals surface area (Å²) < 4.78 is 38.8. The number of hydrogen-bond acceptors (Lipinski definition) is 3. The van der Waals surface area contributed by atoms with E-state index < -0.39 is 11.7 Å². The molecule has 0 spiro atoms. The Balaban J connectivity index is 1.54. The van der Waals surface area contributed by atoms with Gasteiger partial charge in [-0.3, -0.25) is 4.79 Å². The fourth-order valence-corrected chi connectivity index (χ4v) is 3.84. The molecule has 0 saturated carbocycles. The van der Waals surface area contributed by atoms with Crippen molar-refractivity contribution in [2.24, 2.45) is 0 Å². The molecule has 160 valence electrons. The number of alkyl halides is 3. The molecule has 2 aromatic heterocycles. The number of halogens is 3. The van der Waals surface area contributed by atoms with Gasteiger partial charge in [0.25, 0.3) is 5.91 Å². The van der Waals surface area contributed by atoms with E-state index in [0.717, 1.165) is 29.8 Å². The first-order chi connectivity index (χ1) is 15.4. The summed E-state index contributed by atoms with van der Waals surface area (Å²) in [7, 11) is 0. The van der Waals surface area contributed by atoms with Crippen LogP contribution < -0.4 is 5.32 Å². The smallest absolute Gasteiger partial charge is 0.356 e. The van der Waals surface area contributed by atoms with Crippen molar-refractivity contribution in [2.75, 3.05) is 6.54 Å². The van der Waals surface area contributed by atoms with E-state index in [9.17, 15) is 18.0 Å². The predicted octanol–water partition coefficient (Wildman–Crippen LogP) is 5.11. The number of hydrogen-bond donors (Lipinski definition) is 2. The number of aromatic amines is 1. The molecular formula is C24H17F3N4O. The van der Waals surface area contributed by atoms with E-state index >= 15 is 0 Å². The topological polar surface area (TPSA) is 70.7 Å². The molecule has 5 rings (SSSR count). The highest BCUT2D eigenvalue weighted by Gasteiger charge is 2.30. The van der Waals surface area contributed by atoms with Crippen LogP contribution in [0.25, 0.3) is 33.9 Å². The molecular weight excluding hydrogens is 417 g/mol. The zero-order valence-electron chi connectivity index (χ0n) is 16.7. The monoisotopic (exact) mass is 434 g/mol. The standard InChI is InChI=1S/C24H17F3N4O/c25-24(26,27)15-7-5-14(6-8-15)16-3-1-2-4-17(16)22-28-11-10-20(31-22)21-13-18-19(30-21)9-12-29-23(18)32/h1-8,10-11,13,30H,9,12H2,(H,29,32). The number of nitrogens with one attached hydrogen (secondary N) is 2. The maximum atomic E-state index is 12.9. The molecule has 0 saturated heterocycles. The third-order valence-electron chi connectivity index (χ3n) is 5.43. The summed E-state index contributed by atoms with van der Waals surface area (Å²) in [5.41, 5.74) is 4.17. The van der Waals surface area contributed by atoms with Gasteiger partial charge in [-0.2, -0.15) is 13.2 Å². The fraction of sp³-hybridized carbons (Fsp3) is 0.125. The van der Waals surface area contributed by atoms with Crippen molar-refractivity contribution in [3.05, 3.63) is 83.7 Å². The molecule has 3 heterocycles. The minimum atomic E-state index is -4.39. The molecule has 32 heavy (non-hydrogen) atoms. The number of rotatable bonds is 3. The van der Waals surface area contributed by atoms with Crippen LogP contribution in [0.1, 0.15) is 21.6 Å². The zero-order valence-corrected chi connectivity index (χ0v) is 16.7. The molecule has 1 aliphatic rings. The number of carbonyl (C=O) groups is 1. The number of fused-ring (bicyclic) bond motifs is 1. The highest BCUT2D eigenvalue weighted by atomic mass is 19.4. The minimum Gasteiger partial charge on any atom is -0.356 e. The van der Waals surface area contributed by atoms with E-state index in [0.29, 0.717) is 40.4 Å². The van der Waals surface area contributed by atoms with Gasteiger partial charge in [0.05, 0.1) is 22.5 Å². The van der Waals surface area contributed by atoms with Crippen molar-refractivity contribution in [1.29, 1.82) is 0 Å². The second-order valence-electron chi connectivity index (χ2n) is 7.47. The molecule has 0 atom stereocenters. The van der Waals surface area contributed by atoms with E-state index in [1.807, 2.05) is 24.3 Å². The van der Waals surface area contributed by atoms with E-state index in [-0.39, 0.29) is 5.91 Å². The van der Waals surface area contributed by atoms with Gasteiger partial charge in [0.15, 0.2) is 5.82 Å². The summed E-state index contributed by atoms with van der Waals surface area (Å²) in [4.78, 5) is 24.4. The molecule has 0 bridgehead atoms. The number of amides is 1. The first kappa shape index (κ1) is 20.0. The normalized spacial score (nSPS) is 13.5. The Morgan fingerprint density at radius 3 is 2.38 bits per heavy atom. The van der Waals surface area contributed by atoms with Crippen molar-refractivity contribution in [1.82, 2.24) is 20.3 Å². The zero-order chi connectivity index (χ0) is 22.3. The van der Waals surface area contributed by atoms with Gasteiger partial charge in [-0.05, 0) is 35.4 Å². The van der Waals surface area contributed by atoms with Crippen LogP contribution in [-0.4, -0.2) is 27.4 Å². The van der Waals surface area contributed by atoms with Crippen LogP contribution in [-0.2, 0) is 12.6 Å². The lowest BCUT2D eigenvalue weighted by Gasteiger charge is -2.11. The van der Waals surface area contributed by atoms with E-state index in [1.165, 1.54) is 12.1 Å². The van der Waals surface area contributed by atoms with Crippen molar-refractivity contribution in [3.8, 4) is 33.9 Å². The molecule has 0 unspecified atom stereocenters. The lowest BCUT2D eigenvalue weighted by atomic mass is 9.98. The first-order valence-corrected chi connectivity index (χ1v) is 10.0. The minimum absolute atomic E-state index is 0.115. The van der Waals surface area contributed by atoms with Gasteiger partial charge < -0.3 is 10.3 Å². The quantitative estimate of drug-likeness (QED) is 0.471. The van der Waals surface area contributed by atoms with Gasteiger partial charge in [-0.1, -0.05) is 36.4 Å². The van der Waals surface area contributed by atoms with Gasteiger partial charge in [-0.25, -0.2) is 9.97 Å². The lowest BCUT2D eigenvalue weighted by Crippen LogP contribution is -2.31. The van der Waals surface area contributed by atoms with E-state index in [1.54, 1.807) is 18.3 Å². The van der Waals surface area contributed by atoms with Crippen molar-refractivity contribution in [3.63, 3.8) is 0 Å². The number of nitrogens with zero attached hydrogens (tertiary/aromatic N) is 2. The molecule has 0 aliphatic carbocycles. The molecule has 4 aromatic rings. The number of aromatic nitrogens is 3. The van der Waals surface area contributed by atoms with Crippen LogP contribution in [0.2, 0.25) is 0 Å². The number of carbonyl (C=O) groups excluding carboxylic acids is 1. The molecule has 8 heteroatoms. The van der Waals surface area contributed by atoms with Gasteiger partial charge in [0.1, 0.15) is 0 Å². The van der Waals surface area contributed by atoms with Crippen LogP contribution in [0.3, 0.4) is 0 Å². The van der Waals surface area contributed by atoms with Crippen molar-refractivity contribution < 1.29 is 18.0 Å². The summed E-state index contributed by atoms with van der Waals surface area (Å²) in [5.74, 6) is 0.325. The van der Waals surface area contributed by atoms with Crippen LogP contribution in [0.4, 0.5) is 13.2 Å². The molecule has 2 N–H and O–H groups in total. The molecule has 5 nitrogen and oxygen atoms in total. The highest BCUT2D eigenvalue weighted by Crippen LogP contribution is 2.34. The fourth-order valence-electron chi connectivity index (χ4n) is 3.84. The molecule has 2 aromatic carbocycles. The van der Waals surface area contributed by atoms with Crippen LogP contribution in [0.5, 0.6) is 0 Å². The van der Waals surface area contributed by atoms with Crippen LogP contribution in [0, 0.1) is 0 Å². The molecule has 1 amide bonds. The number of benzene rings is 2.